The van der Waals surface area contributed by atoms with E-state index in [4.69, 9.17) is 4.74 Å². The molecule has 0 spiro atoms. The van der Waals surface area contributed by atoms with Gasteiger partial charge in [0.2, 0.25) is 0 Å². The molecule has 0 radical (unpaired) electrons. The minimum Gasteiger partial charge on any atom is -0.389 e. The van der Waals surface area contributed by atoms with Gasteiger partial charge in [-0.05, 0) is 36.2 Å². The smallest absolute Gasteiger partial charge is 0.0897 e. The first-order valence-corrected chi connectivity index (χ1v) is 8.54. The van der Waals surface area contributed by atoms with Crippen LogP contribution in [0.25, 0.3) is 0 Å². The summed E-state index contributed by atoms with van der Waals surface area (Å²) in [7, 11) is 0. The molecule has 2 atom stereocenters. The van der Waals surface area contributed by atoms with E-state index in [0.717, 1.165) is 6.42 Å². The van der Waals surface area contributed by atoms with Gasteiger partial charge >= 0.3 is 0 Å². The van der Waals surface area contributed by atoms with Crippen LogP contribution in [-0.2, 0) is 17.8 Å². The quantitative estimate of drug-likeness (QED) is 0.748. The summed E-state index contributed by atoms with van der Waals surface area (Å²) in [6, 6.07) is 8.62. The summed E-state index contributed by atoms with van der Waals surface area (Å²) in [6.45, 7) is 3.66. The van der Waals surface area contributed by atoms with E-state index >= 15 is 0 Å². The molecule has 0 aliphatic carbocycles. The molecule has 0 aromatic carbocycles. The van der Waals surface area contributed by atoms with Crippen LogP contribution in [0.3, 0.4) is 0 Å². The van der Waals surface area contributed by atoms with Gasteiger partial charge in [0, 0.05) is 22.3 Å². The number of thiophene rings is 2. The number of hydrogen-bond donors (Lipinski definition) is 2. The SMILES string of the molecule is CC(Cc1cccs1)NCC(O)COCc1cccs1. The fourth-order valence-corrected chi connectivity index (χ4v) is 3.36. The molecule has 2 unspecified atom stereocenters. The van der Waals surface area contributed by atoms with Crippen LogP contribution in [0, 0.1) is 0 Å². The maximum absolute atomic E-state index is 9.87. The third kappa shape index (κ3) is 5.73. The normalized spacial score (nSPS) is 14.3. The van der Waals surface area contributed by atoms with Crippen LogP contribution >= 0.6 is 22.7 Å². The number of ether oxygens (including phenoxy) is 1. The molecule has 0 aliphatic heterocycles. The van der Waals surface area contributed by atoms with Crippen LogP contribution in [0.2, 0.25) is 0 Å². The Morgan fingerprint density at radius 2 is 1.90 bits per heavy atom. The minimum atomic E-state index is -0.458. The van der Waals surface area contributed by atoms with Gasteiger partial charge in [-0.1, -0.05) is 12.1 Å². The van der Waals surface area contributed by atoms with E-state index in [1.54, 1.807) is 22.7 Å². The van der Waals surface area contributed by atoms with Crippen molar-refractivity contribution in [1.82, 2.24) is 5.32 Å². The van der Waals surface area contributed by atoms with Gasteiger partial charge in [-0.25, -0.2) is 0 Å². The number of rotatable bonds is 9. The van der Waals surface area contributed by atoms with E-state index < -0.39 is 6.10 Å². The molecule has 2 heterocycles. The molecule has 0 fully saturated rings. The molecular weight excluding hydrogens is 290 g/mol. The Balaban J connectivity index is 1.56. The summed E-state index contributed by atoms with van der Waals surface area (Å²) in [4.78, 5) is 2.56. The molecule has 2 aromatic rings. The first-order chi connectivity index (χ1) is 9.74. The van der Waals surface area contributed by atoms with Crippen molar-refractivity contribution in [3.05, 3.63) is 44.8 Å². The van der Waals surface area contributed by atoms with Crippen LogP contribution in [0.4, 0.5) is 0 Å². The first kappa shape index (κ1) is 15.7. The van der Waals surface area contributed by atoms with Gasteiger partial charge in [0.05, 0.1) is 19.3 Å². The van der Waals surface area contributed by atoms with Crippen LogP contribution in [-0.4, -0.2) is 30.4 Å². The molecule has 20 heavy (non-hydrogen) atoms. The molecular formula is C15H21NO2S2. The summed E-state index contributed by atoms with van der Waals surface area (Å²) in [6.07, 6.45) is 0.543. The molecule has 0 amide bonds. The monoisotopic (exact) mass is 311 g/mol. The summed E-state index contributed by atoms with van der Waals surface area (Å²) < 4.78 is 5.50. The highest BCUT2D eigenvalue weighted by Crippen LogP contribution is 2.11. The summed E-state index contributed by atoms with van der Waals surface area (Å²) >= 11 is 3.45. The number of nitrogens with one attached hydrogen (secondary N) is 1. The van der Waals surface area contributed by atoms with Gasteiger partial charge in [0.1, 0.15) is 0 Å². The first-order valence-electron chi connectivity index (χ1n) is 6.78. The third-order valence-electron chi connectivity index (χ3n) is 2.92. The van der Waals surface area contributed by atoms with Crippen molar-refractivity contribution in [3.63, 3.8) is 0 Å². The Morgan fingerprint density at radius 3 is 2.55 bits per heavy atom. The van der Waals surface area contributed by atoms with Gasteiger partial charge in [0.25, 0.3) is 0 Å². The zero-order chi connectivity index (χ0) is 14.2. The van der Waals surface area contributed by atoms with Crippen LogP contribution in [0.1, 0.15) is 16.7 Å². The van der Waals surface area contributed by atoms with Crippen LogP contribution in [0.15, 0.2) is 35.0 Å². The highest BCUT2D eigenvalue weighted by Gasteiger charge is 2.08. The van der Waals surface area contributed by atoms with Gasteiger partial charge < -0.3 is 15.2 Å². The lowest BCUT2D eigenvalue weighted by Gasteiger charge is -2.16. The Hall–Kier alpha value is -0.720. The minimum absolute atomic E-state index is 0.362. The lowest BCUT2D eigenvalue weighted by molar-refractivity contribution is 0.0288. The zero-order valence-corrected chi connectivity index (χ0v) is 13.3. The molecule has 5 heteroatoms. The lowest BCUT2D eigenvalue weighted by atomic mass is 10.2. The summed E-state index contributed by atoms with van der Waals surface area (Å²) in [5, 5.41) is 17.3. The van der Waals surface area contributed by atoms with Gasteiger partial charge in [-0.3, -0.25) is 0 Å². The predicted octanol–water partition coefficient (Wildman–Crippen LogP) is 2.91. The van der Waals surface area contributed by atoms with E-state index in [0.29, 0.717) is 25.8 Å². The molecule has 3 nitrogen and oxygen atoms in total. The predicted molar refractivity (Wildman–Crippen MR) is 85.5 cm³/mol. The maximum atomic E-state index is 9.87. The van der Waals surface area contributed by atoms with E-state index in [-0.39, 0.29) is 0 Å². The topological polar surface area (TPSA) is 41.5 Å². The van der Waals surface area contributed by atoms with Gasteiger partial charge in [0.15, 0.2) is 0 Å². The number of aliphatic hydroxyl groups is 1. The molecule has 0 saturated carbocycles. The molecule has 2 N–H and O–H groups in total. The highest BCUT2D eigenvalue weighted by molar-refractivity contribution is 7.10. The van der Waals surface area contributed by atoms with Gasteiger partial charge in [-0.2, -0.15) is 0 Å². The second kappa shape index (κ2) is 8.54. The Kier molecular flexibility index (Phi) is 6.69. The summed E-state index contributed by atoms with van der Waals surface area (Å²) in [5.41, 5.74) is 0. The van der Waals surface area contributed by atoms with E-state index in [1.165, 1.54) is 9.75 Å². The van der Waals surface area contributed by atoms with Crippen molar-refractivity contribution in [2.24, 2.45) is 0 Å². The highest BCUT2D eigenvalue weighted by atomic mass is 32.1. The lowest BCUT2D eigenvalue weighted by Crippen LogP contribution is -2.36. The standard InChI is InChI=1S/C15H21NO2S2/c1-12(8-14-4-2-6-19-14)16-9-13(17)10-18-11-15-5-3-7-20-15/h2-7,12-13,16-17H,8-11H2,1H3. The number of aliphatic hydroxyl groups excluding tert-OH is 1. The van der Waals surface area contributed by atoms with Crippen molar-refractivity contribution in [3.8, 4) is 0 Å². The van der Waals surface area contributed by atoms with Gasteiger partial charge in [-0.15, -0.1) is 22.7 Å². The Morgan fingerprint density at radius 1 is 1.20 bits per heavy atom. The second-order valence-corrected chi connectivity index (χ2v) is 6.91. The van der Waals surface area contributed by atoms with E-state index in [2.05, 4.69) is 29.8 Å². The average molecular weight is 311 g/mol. The Bertz CT molecular complexity index is 456. The fraction of sp³-hybridized carbons (Fsp3) is 0.467. The second-order valence-electron chi connectivity index (χ2n) is 4.84. The zero-order valence-electron chi connectivity index (χ0n) is 11.6. The van der Waals surface area contributed by atoms with Crippen molar-refractivity contribution >= 4 is 22.7 Å². The van der Waals surface area contributed by atoms with Crippen molar-refractivity contribution in [2.45, 2.75) is 32.1 Å². The molecule has 0 aliphatic rings. The largest absolute Gasteiger partial charge is 0.389 e. The third-order valence-corrected chi connectivity index (χ3v) is 4.67. The molecule has 0 saturated heterocycles. The molecule has 110 valence electrons. The maximum Gasteiger partial charge on any atom is 0.0897 e. The van der Waals surface area contributed by atoms with Crippen LogP contribution < -0.4 is 5.32 Å². The van der Waals surface area contributed by atoms with Crippen LogP contribution in [0.5, 0.6) is 0 Å². The average Bonchev–Trinajstić information content (AvgIpc) is 3.09. The molecule has 2 rings (SSSR count). The molecule has 2 aromatic heterocycles. The Labute approximate surface area is 128 Å². The van der Waals surface area contributed by atoms with Crippen molar-refractivity contribution < 1.29 is 9.84 Å². The fourth-order valence-electron chi connectivity index (χ4n) is 1.89. The van der Waals surface area contributed by atoms with E-state index in [9.17, 15) is 5.11 Å². The van der Waals surface area contributed by atoms with Crippen molar-refractivity contribution in [1.29, 1.82) is 0 Å². The van der Waals surface area contributed by atoms with E-state index in [1.807, 2.05) is 17.5 Å². The number of hydrogen-bond acceptors (Lipinski definition) is 5. The summed E-state index contributed by atoms with van der Waals surface area (Å²) in [5.74, 6) is 0. The molecule has 0 bridgehead atoms. The van der Waals surface area contributed by atoms with Crippen molar-refractivity contribution in [2.75, 3.05) is 13.2 Å².